The van der Waals surface area contributed by atoms with Gasteiger partial charge >= 0.3 is 0 Å². The molecule has 0 aliphatic carbocycles. The van der Waals surface area contributed by atoms with Gasteiger partial charge in [0.15, 0.2) is 5.43 Å². The molecule has 4 N–H and O–H groups in total. The van der Waals surface area contributed by atoms with Gasteiger partial charge in [-0.15, -0.1) is 0 Å². The molecule has 7 nitrogen and oxygen atoms in total. The molecule has 4 rings (SSSR count). The molecule has 1 aliphatic rings. The molecule has 1 aliphatic heterocycles. The van der Waals surface area contributed by atoms with Crippen LogP contribution in [-0.4, -0.2) is 41.6 Å². The van der Waals surface area contributed by atoms with E-state index in [1.807, 2.05) is 0 Å². The van der Waals surface area contributed by atoms with Crippen molar-refractivity contribution in [3.8, 4) is 28.6 Å². The Bertz CT molecular complexity index is 1140. The zero-order valence-corrected chi connectivity index (χ0v) is 16.4. The van der Waals surface area contributed by atoms with Crippen molar-refractivity contribution < 1.29 is 24.5 Å². The van der Waals surface area contributed by atoms with E-state index in [0.29, 0.717) is 34.9 Å². The SMILES string of the molecule is COc1ccc(Cl)c(-c2cc(=O)c3c(O)cc(O)c(C4CCNC4CO)c3o2)c1. The third kappa shape index (κ3) is 3.31. The minimum Gasteiger partial charge on any atom is -0.507 e. The molecule has 1 saturated heterocycles. The normalized spacial score (nSPS) is 19.0. The number of benzene rings is 2. The largest absolute Gasteiger partial charge is 0.507 e. The number of ether oxygens (including phenoxy) is 1. The van der Waals surface area contributed by atoms with E-state index in [2.05, 4.69) is 5.32 Å². The van der Waals surface area contributed by atoms with E-state index in [0.717, 1.165) is 6.07 Å². The summed E-state index contributed by atoms with van der Waals surface area (Å²) in [6.45, 7) is 0.501. The Kier molecular flexibility index (Phi) is 5.12. The van der Waals surface area contributed by atoms with E-state index in [-0.39, 0.29) is 46.8 Å². The fourth-order valence-electron chi connectivity index (χ4n) is 3.94. The maximum absolute atomic E-state index is 12.8. The third-order valence-corrected chi connectivity index (χ3v) is 5.68. The summed E-state index contributed by atoms with van der Waals surface area (Å²) in [6.07, 6.45) is 0.631. The number of fused-ring (bicyclic) bond motifs is 1. The number of aliphatic hydroxyl groups excluding tert-OH is 1. The molecule has 2 atom stereocenters. The van der Waals surface area contributed by atoms with E-state index in [1.165, 1.54) is 13.2 Å². The van der Waals surface area contributed by atoms with Gasteiger partial charge in [0.1, 0.15) is 34.0 Å². The molecule has 0 bridgehead atoms. The number of halogens is 1. The molecule has 3 aromatic rings. The maximum Gasteiger partial charge on any atom is 0.197 e. The number of nitrogens with one attached hydrogen (secondary N) is 1. The first kappa shape index (κ1) is 19.6. The minimum atomic E-state index is -0.467. The molecule has 0 radical (unpaired) electrons. The highest BCUT2D eigenvalue weighted by atomic mass is 35.5. The van der Waals surface area contributed by atoms with Gasteiger partial charge < -0.3 is 29.8 Å². The monoisotopic (exact) mass is 417 g/mol. The van der Waals surface area contributed by atoms with Crippen LogP contribution >= 0.6 is 11.6 Å². The van der Waals surface area contributed by atoms with Crippen LogP contribution in [-0.2, 0) is 0 Å². The van der Waals surface area contributed by atoms with Crippen LogP contribution in [0.5, 0.6) is 17.2 Å². The Morgan fingerprint density at radius 2 is 2.03 bits per heavy atom. The summed E-state index contributed by atoms with van der Waals surface area (Å²) in [5, 5.41) is 34.0. The number of phenolic OH excluding ortho intramolecular Hbond substituents is 2. The Balaban J connectivity index is 2.02. The van der Waals surface area contributed by atoms with Gasteiger partial charge in [-0.25, -0.2) is 0 Å². The van der Waals surface area contributed by atoms with Crippen LogP contribution in [0.25, 0.3) is 22.3 Å². The number of aromatic hydroxyl groups is 2. The lowest BCUT2D eigenvalue weighted by molar-refractivity contribution is 0.244. The standard InChI is InChI=1S/C21H20ClNO6/c1-28-10-2-3-13(22)12(6-10)18-8-17(27)20-16(26)7-15(25)19(21(20)29-18)11-4-5-23-14(11)9-24/h2-3,6-8,11,14,23-26H,4-5,9H2,1H3. The summed E-state index contributed by atoms with van der Waals surface area (Å²) in [6, 6.07) is 7.04. The van der Waals surface area contributed by atoms with Crippen LogP contribution in [0, 0.1) is 0 Å². The number of phenols is 2. The predicted molar refractivity (Wildman–Crippen MR) is 109 cm³/mol. The third-order valence-electron chi connectivity index (χ3n) is 5.35. The molecule has 2 heterocycles. The van der Waals surface area contributed by atoms with Crippen molar-refractivity contribution in [2.45, 2.75) is 18.4 Å². The second kappa shape index (κ2) is 7.59. The van der Waals surface area contributed by atoms with E-state index in [1.54, 1.807) is 18.2 Å². The first-order valence-electron chi connectivity index (χ1n) is 9.15. The molecular weight excluding hydrogens is 398 g/mol. The van der Waals surface area contributed by atoms with Gasteiger partial charge in [-0.05, 0) is 31.2 Å². The molecule has 2 unspecified atom stereocenters. The summed E-state index contributed by atoms with van der Waals surface area (Å²) >= 11 is 6.31. The van der Waals surface area contributed by atoms with Gasteiger partial charge in [0, 0.05) is 35.2 Å². The van der Waals surface area contributed by atoms with Gasteiger partial charge in [-0.2, -0.15) is 0 Å². The summed E-state index contributed by atoms with van der Waals surface area (Å²) in [4.78, 5) is 12.8. The van der Waals surface area contributed by atoms with Crippen molar-refractivity contribution in [2.75, 3.05) is 20.3 Å². The molecule has 0 spiro atoms. The number of methoxy groups -OCH3 is 1. The van der Waals surface area contributed by atoms with E-state index < -0.39 is 5.43 Å². The quantitative estimate of drug-likeness (QED) is 0.516. The van der Waals surface area contributed by atoms with Crippen LogP contribution in [0.3, 0.4) is 0 Å². The van der Waals surface area contributed by atoms with Crippen molar-refractivity contribution in [1.29, 1.82) is 0 Å². The lowest BCUT2D eigenvalue weighted by Crippen LogP contribution is -2.29. The zero-order valence-electron chi connectivity index (χ0n) is 15.6. The minimum absolute atomic E-state index is 0.0239. The van der Waals surface area contributed by atoms with E-state index >= 15 is 0 Å². The van der Waals surface area contributed by atoms with Gasteiger partial charge in [-0.1, -0.05) is 11.6 Å². The van der Waals surface area contributed by atoms with Crippen molar-refractivity contribution in [1.82, 2.24) is 5.32 Å². The first-order valence-corrected chi connectivity index (χ1v) is 9.53. The highest BCUT2D eigenvalue weighted by molar-refractivity contribution is 6.33. The second-order valence-corrected chi connectivity index (χ2v) is 7.40. The van der Waals surface area contributed by atoms with Gasteiger partial charge in [-0.3, -0.25) is 4.79 Å². The van der Waals surface area contributed by atoms with Crippen LogP contribution < -0.4 is 15.5 Å². The number of hydrogen-bond acceptors (Lipinski definition) is 7. The lowest BCUT2D eigenvalue weighted by atomic mass is 9.89. The van der Waals surface area contributed by atoms with Crippen LogP contribution in [0.15, 0.2) is 39.5 Å². The summed E-state index contributed by atoms with van der Waals surface area (Å²) < 4.78 is 11.3. The Labute approximate surface area is 171 Å². The highest BCUT2D eigenvalue weighted by Crippen LogP contribution is 2.43. The van der Waals surface area contributed by atoms with Crippen molar-refractivity contribution in [3.05, 3.63) is 51.1 Å². The maximum atomic E-state index is 12.8. The smallest absolute Gasteiger partial charge is 0.197 e. The predicted octanol–water partition coefficient (Wildman–Crippen LogP) is 2.97. The first-order chi connectivity index (χ1) is 13.9. The average molecular weight is 418 g/mol. The molecule has 1 fully saturated rings. The lowest BCUT2D eigenvalue weighted by Gasteiger charge is -2.20. The topological polar surface area (TPSA) is 112 Å². The molecule has 8 heteroatoms. The number of rotatable bonds is 4. The Morgan fingerprint density at radius 3 is 2.76 bits per heavy atom. The summed E-state index contributed by atoms with van der Waals surface area (Å²) in [5.74, 6) is -0.137. The van der Waals surface area contributed by atoms with Crippen molar-refractivity contribution >= 4 is 22.6 Å². The van der Waals surface area contributed by atoms with Crippen LogP contribution in [0.2, 0.25) is 5.02 Å². The van der Waals surface area contributed by atoms with Crippen LogP contribution in [0.1, 0.15) is 17.9 Å². The fraction of sp³-hybridized carbons (Fsp3) is 0.286. The van der Waals surface area contributed by atoms with Gasteiger partial charge in [0.2, 0.25) is 0 Å². The van der Waals surface area contributed by atoms with Gasteiger partial charge in [0.25, 0.3) is 0 Å². The molecule has 29 heavy (non-hydrogen) atoms. The van der Waals surface area contributed by atoms with Crippen LogP contribution in [0.4, 0.5) is 0 Å². The molecule has 0 saturated carbocycles. The molecule has 0 amide bonds. The molecular formula is C21H20ClNO6. The number of aliphatic hydroxyl groups is 1. The summed E-state index contributed by atoms with van der Waals surface area (Å²) in [5.41, 5.74) is 0.434. The van der Waals surface area contributed by atoms with Crippen molar-refractivity contribution in [3.63, 3.8) is 0 Å². The zero-order chi connectivity index (χ0) is 20.7. The second-order valence-electron chi connectivity index (χ2n) is 6.99. The van der Waals surface area contributed by atoms with E-state index in [9.17, 15) is 20.1 Å². The Morgan fingerprint density at radius 1 is 1.24 bits per heavy atom. The van der Waals surface area contributed by atoms with E-state index in [4.69, 9.17) is 20.8 Å². The van der Waals surface area contributed by atoms with Gasteiger partial charge in [0.05, 0.1) is 18.7 Å². The average Bonchev–Trinajstić information content (AvgIpc) is 3.16. The Hall–Kier alpha value is -2.74. The fourth-order valence-corrected chi connectivity index (χ4v) is 4.15. The molecule has 2 aromatic carbocycles. The molecule has 1 aromatic heterocycles. The van der Waals surface area contributed by atoms with Crippen molar-refractivity contribution in [2.24, 2.45) is 0 Å². The molecule has 152 valence electrons. The number of hydrogen-bond donors (Lipinski definition) is 4. The summed E-state index contributed by atoms with van der Waals surface area (Å²) in [7, 11) is 1.51. The highest BCUT2D eigenvalue weighted by Gasteiger charge is 2.33.